The Labute approximate surface area is 125 Å². The summed E-state index contributed by atoms with van der Waals surface area (Å²) in [6.07, 6.45) is 4.79. The molecule has 1 aromatic heterocycles. The first-order valence-corrected chi connectivity index (χ1v) is 7.21. The van der Waals surface area contributed by atoms with Gasteiger partial charge in [0.25, 0.3) is 0 Å². The van der Waals surface area contributed by atoms with Crippen molar-refractivity contribution in [1.29, 1.82) is 0 Å². The number of aromatic nitrogens is 2. The summed E-state index contributed by atoms with van der Waals surface area (Å²) < 4.78 is 13.2. The minimum atomic E-state index is 0.442. The number of nitrogens with one attached hydrogen (secondary N) is 1. The number of ether oxygens (including phenoxy) is 2. The third-order valence-corrected chi connectivity index (χ3v) is 3.29. The molecule has 0 aliphatic heterocycles. The second kappa shape index (κ2) is 7.69. The number of nitrogens with zero attached hydrogens (tertiary/aromatic N) is 2. The summed E-state index contributed by atoms with van der Waals surface area (Å²) in [5.74, 6) is 2.52. The van der Waals surface area contributed by atoms with Gasteiger partial charge in [0.15, 0.2) is 0 Å². The fraction of sp³-hybridized carbons (Fsp3) is 0.438. The van der Waals surface area contributed by atoms with E-state index >= 15 is 0 Å². The number of rotatable bonds is 8. The minimum Gasteiger partial charge on any atom is -0.497 e. The van der Waals surface area contributed by atoms with Gasteiger partial charge >= 0.3 is 0 Å². The molecule has 0 fully saturated rings. The van der Waals surface area contributed by atoms with Crippen molar-refractivity contribution in [3.8, 4) is 11.5 Å². The SMILES string of the molecule is CCCNCc1ccc(OC)cc1OCc1nccn1C. The summed E-state index contributed by atoms with van der Waals surface area (Å²) in [7, 11) is 3.62. The highest BCUT2D eigenvalue weighted by Gasteiger charge is 2.08. The highest BCUT2D eigenvalue weighted by Crippen LogP contribution is 2.25. The third kappa shape index (κ3) is 4.23. The van der Waals surface area contributed by atoms with Crippen LogP contribution < -0.4 is 14.8 Å². The molecule has 0 spiro atoms. The van der Waals surface area contributed by atoms with Crippen molar-refractivity contribution in [2.45, 2.75) is 26.5 Å². The Bertz CT molecular complexity index is 566. The van der Waals surface area contributed by atoms with Crippen molar-refractivity contribution in [2.24, 2.45) is 7.05 Å². The minimum absolute atomic E-state index is 0.442. The van der Waals surface area contributed by atoms with Gasteiger partial charge < -0.3 is 19.4 Å². The predicted octanol–water partition coefficient (Wildman–Crippen LogP) is 2.51. The maximum Gasteiger partial charge on any atom is 0.146 e. The van der Waals surface area contributed by atoms with Gasteiger partial charge in [0, 0.05) is 37.6 Å². The molecule has 0 bridgehead atoms. The van der Waals surface area contributed by atoms with Crippen molar-refractivity contribution in [1.82, 2.24) is 14.9 Å². The van der Waals surface area contributed by atoms with Crippen LogP contribution in [0.5, 0.6) is 11.5 Å². The molecule has 0 aliphatic rings. The summed E-state index contributed by atoms with van der Waals surface area (Å²) in [5, 5.41) is 3.39. The first kappa shape index (κ1) is 15.4. The number of benzene rings is 1. The van der Waals surface area contributed by atoms with E-state index in [-0.39, 0.29) is 0 Å². The van der Waals surface area contributed by atoms with Crippen LogP contribution in [-0.2, 0) is 20.2 Å². The highest BCUT2D eigenvalue weighted by atomic mass is 16.5. The molecule has 0 aliphatic carbocycles. The number of hydrogen-bond donors (Lipinski definition) is 1. The lowest BCUT2D eigenvalue weighted by Gasteiger charge is -2.13. The summed E-state index contributed by atoms with van der Waals surface area (Å²) >= 11 is 0. The molecule has 114 valence electrons. The van der Waals surface area contributed by atoms with Gasteiger partial charge in [-0.05, 0) is 19.0 Å². The van der Waals surface area contributed by atoms with E-state index in [1.807, 2.05) is 36.0 Å². The molecular weight excluding hydrogens is 266 g/mol. The standard InChI is InChI=1S/C16H23N3O2/c1-4-7-17-11-13-5-6-14(20-3)10-15(13)21-12-16-18-8-9-19(16)2/h5-6,8-10,17H,4,7,11-12H2,1-3H3. The maximum absolute atomic E-state index is 5.93. The van der Waals surface area contributed by atoms with E-state index in [9.17, 15) is 0 Å². The molecule has 1 heterocycles. The number of imidazole rings is 1. The van der Waals surface area contributed by atoms with Crippen LogP contribution in [0, 0.1) is 0 Å². The van der Waals surface area contributed by atoms with E-state index in [2.05, 4.69) is 17.2 Å². The highest BCUT2D eigenvalue weighted by molar-refractivity contribution is 5.40. The van der Waals surface area contributed by atoms with Gasteiger partial charge in [0.1, 0.15) is 23.9 Å². The lowest BCUT2D eigenvalue weighted by atomic mass is 10.2. The van der Waals surface area contributed by atoms with Gasteiger partial charge in [-0.2, -0.15) is 0 Å². The van der Waals surface area contributed by atoms with Crippen LogP contribution in [0.4, 0.5) is 0 Å². The lowest BCUT2D eigenvalue weighted by molar-refractivity contribution is 0.286. The van der Waals surface area contributed by atoms with E-state index in [0.717, 1.165) is 42.4 Å². The third-order valence-electron chi connectivity index (χ3n) is 3.29. The zero-order valence-corrected chi connectivity index (χ0v) is 12.9. The summed E-state index contributed by atoms with van der Waals surface area (Å²) in [5.41, 5.74) is 1.12. The summed E-state index contributed by atoms with van der Waals surface area (Å²) in [6.45, 7) is 4.37. The van der Waals surface area contributed by atoms with Crippen LogP contribution in [0.15, 0.2) is 30.6 Å². The Kier molecular flexibility index (Phi) is 5.63. The molecule has 0 radical (unpaired) electrons. The maximum atomic E-state index is 5.93. The molecule has 2 rings (SSSR count). The molecule has 0 atom stereocenters. The molecule has 0 amide bonds. The molecule has 5 heteroatoms. The van der Waals surface area contributed by atoms with Crippen molar-refractivity contribution in [3.05, 3.63) is 42.0 Å². The second-order valence-electron chi connectivity index (χ2n) is 4.89. The second-order valence-corrected chi connectivity index (χ2v) is 4.89. The summed E-state index contributed by atoms with van der Waals surface area (Å²) in [4.78, 5) is 4.27. The van der Waals surface area contributed by atoms with Gasteiger partial charge in [-0.25, -0.2) is 4.98 Å². The van der Waals surface area contributed by atoms with Crippen LogP contribution in [0.1, 0.15) is 24.7 Å². The van der Waals surface area contributed by atoms with Crippen LogP contribution in [0.2, 0.25) is 0 Å². The van der Waals surface area contributed by atoms with Crippen molar-refractivity contribution >= 4 is 0 Å². The van der Waals surface area contributed by atoms with E-state index in [4.69, 9.17) is 9.47 Å². The number of methoxy groups -OCH3 is 1. The van der Waals surface area contributed by atoms with Crippen molar-refractivity contribution < 1.29 is 9.47 Å². The molecule has 5 nitrogen and oxygen atoms in total. The van der Waals surface area contributed by atoms with E-state index in [1.165, 1.54) is 0 Å². The van der Waals surface area contributed by atoms with Crippen molar-refractivity contribution in [3.63, 3.8) is 0 Å². The first-order chi connectivity index (χ1) is 10.2. The van der Waals surface area contributed by atoms with Crippen LogP contribution in [-0.4, -0.2) is 23.2 Å². The normalized spacial score (nSPS) is 10.6. The van der Waals surface area contributed by atoms with Gasteiger partial charge in [0.05, 0.1) is 7.11 Å². The van der Waals surface area contributed by atoms with Crippen LogP contribution >= 0.6 is 0 Å². The van der Waals surface area contributed by atoms with Gasteiger partial charge in [-0.3, -0.25) is 0 Å². The Morgan fingerprint density at radius 1 is 1.33 bits per heavy atom. The zero-order chi connectivity index (χ0) is 15.1. The van der Waals surface area contributed by atoms with Gasteiger partial charge in [-0.1, -0.05) is 13.0 Å². The Balaban J connectivity index is 2.08. The van der Waals surface area contributed by atoms with Gasteiger partial charge in [0.2, 0.25) is 0 Å². The fourth-order valence-corrected chi connectivity index (χ4v) is 2.02. The quantitative estimate of drug-likeness (QED) is 0.759. The summed E-state index contributed by atoms with van der Waals surface area (Å²) in [6, 6.07) is 5.91. The fourth-order valence-electron chi connectivity index (χ4n) is 2.02. The average Bonchev–Trinajstić information content (AvgIpc) is 2.91. The zero-order valence-electron chi connectivity index (χ0n) is 12.9. The molecule has 1 N–H and O–H groups in total. The Morgan fingerprint density at radius 2 is 2.19 bits per heavy atom. The number of aryl methyl sites for hydroxylation is 1. The van der Waals surface area contributed by atoms with E-state index in [1.54, 1.807) is 13.3 Å². The molecular formula is C16H23N3O2. The lowest BCUT2D eigenvalue weighted by Crippen LogP contribution is -2.15. The molecule has 0 saturated heterocycles. The largest absolute Gasteiger partial charge is 0.497 e. The van der Waals surface area contributed by atoms with Crippen molar-refractivity contribution in [2.75, 3.05) is 13.7 Å². The molecule has 0 saturated carbocycles. The topological polar surface area (TPSA) is 48.3 Å². The Hall–Kier alpha value is -2.01. The smallest absolute Gasteiger partial charge is 0.146 e. The van der Waals surface area contributed by atoms with E-state index < -0.39 is 0 Å². The van der Waals surface area contributed by atoms with Gasteiger partial charge in [-0.15, -0.1) is 0 Å². The predicted molar refractivity (Wildman–Crippen MR) is 82.5 cm³/mol. The first-order valence-electron chi connectivity index (χ1n) is 7.21. The van der Waals surface area contributed by atoms with Crippen LogP contribution in [0.3, 0.4) is 0 Å². The Morgan fingerprint density at radius 3 is 2.86 bits per heavy atom. The molecule has 0 unspecified atom stereocenters. The van der Waals surface area contributed by atoms with E-state index in [0.29, 0.717) is 6.61 Å². The van der Waals surface area contributed by atoms with Crippen LogP contribution in [0.25, 0.3) is 0 Å². The molecule has 21 heavy (non-hydrogen) atoms. The number of hydrogen-bond acceptors (Lipinski definition) is 4. The molecule has 2 aromatic rings. The molecule has 1 aromatic carbocycles. The average molecular weight is 289 g/mol. The monoisotopic (exact) mass is 289 g/mol.